The van der Waals surface area contributed by atoms with E-state index in [0.29, 0.717) is 5.56 Å². The van der Waals surface area contributed by atoms with E-state index in [9.17, 15) is 4.79 Å². The van der Waals surface area contributed by atoms with Gasteiger partial charge in [0.05, 0.1) is 11.9 Å². The van der Waals surface area contributed by atoms with Gasteiger partial charge in [0.2, 0.25) is 0 Å². The summed E-state index contributed by atoms with van der Waals surface area (Å²) in [6, 6.07) is 25.6. The molecule has 0 unspecified atom stereocenters. The highest BCUT2D eigenvalue weighted by molar-refractivity contribution is 14.1. The third-order valence-corrected chi connectivity index (χ3v) is 5.00. The molecule has 0 radical (unpaired) electrons. The van der Waals surface area contributed by atoms with Crippen molar-refractivity contribution in [3.63, 3.8) is 0 Å². The van der Waals surface area contributed by atoms with Gasteiger partial charge in [0, 0.05) is 21.0 Å². The van der Waals surface area contributed by atoms with Crippen LogP contribution in [-0.4, -0.2) is 16.7 Å². The smallest absolute Gasteiger partial charge is 0.271 e. The molecule has 4 nitrogen and oxygen atoms in total. The number of carbonyl (C=O) groups is 1. The highest BCUT2D eigenvalue weighted by Gasteiger charge is 2.08. The molecule has 0 fully saturated rings. The van der Waals surface area contributed by atoms with Crippen molar-refractivity contribution in [1.29, 1.82) is 0 Å². The molecule has 132 valence electrons. The van der Waals surface area contributed by atoms with Crippen LogP contribution in [0.5, 0.6) is 0 Å². The van der Waals surface area contributed by atoms with E-state index in [1.165, 1.54) is 3.57 Å². The lowest BCUT2D eigenvalue weighted by Gasteiger charge is -2.07. The number of benzene rings is 3. The molecule has 0 aliphatic heterocycles. The van der Waals surface area contributed by atoms with Crippen LogP contribution < -0.4 is 5.43 Å². The van der Waals surface area contributed by atoms with Crippen molar-refractivity contribution in [2.24, 2.45) is 5.10 Å². The van der Waals surface area contributed by atoms with Gasteiger partial charge in [0.15, 0.2) is 0 Å². The Kier molecular flexibility index (Phi) is 5.02. The van der Waals surface area contributed by atoms with Gasteiger partial charge < -0.3 is 4.57 Å². The summed E-state index contributed by atoms with van der Waals surface area (Å²) in [6.07, 6.45) is 3.62. The molecule has 27 heavy (non-hydrogen) atoms. The number of carbonyl (C=O) groups excluding carboxylic acids is 1. The molecule has 0 aliphatic rings. The van der Waals surface area contributed by atoms with Crippen molar-refractivity contribution in [3.05, 3.63) is 99.9 Å². The topological polar surface area (TPSA) is 46.4 Å². The van der Waals surface area contributed by atoms with E-state index < -0.39 is 0 Å². The Bertz CT molecular complexity index is 1120. The highest BCUT2D eigenvalue weighted by atomic mass is 127. The standard InChI is InChI=1S/C22H16IN3O/c23-17-10-12-18(13-11-17)26-14-4-7-19(26)15-24-25-22(27)21-9-3-6-16-5-1-2-8-20(16)21/h1-15H,(H,25,27). The third-order valence-electron chi connectivity index (χ3n) is 4.28. The lowest BCUT2D eigenvalue weighted by atomic mass is 10.0. The Morgan fingerprint density at radius 3 is 2.56 bits per heavy atom. The Morgan fingerprint density at radius 1 is 0.926 bits per heavy atom. The van der Waals surface area contributed by atoms with Crippen molar-refractivity contribution in [3.8, 4) is 5.69 Å². The number of aromatic nitrogens is 1. The first-order valence-corrected chi connectivity index (χ1v) is 9.55. The molecule has 0 atom stereocenters. The van der Waals surface area contributed by atoms with Gasteiger partial charge in [-0.25, -0.2) is 5.43 Å². The van der Waals surface area contributed by atoms with Crippen molar-refractivity contribution >= 4 is 45.5 Å². The largest absolute Gasteiger partial charge is 0.316 e. The maximum Gasteiger partial charge on any atom is 0.271 e. The molecule has 5 heteroatoms. The Morgan fingerprint density at radius 2 is 1.70 bits per heavy atom. The molecule has 3 aromatic carbocycles. The Balaban J connectivity index is 1.54. The fourth-order valence-corrected chi connectivity index (χ4v) is 3.34. The highest BCUT2D eigenvalue weighted by Crippen LogP contribution is 2.18. The lowest BCUT2D eigenvalue weighted by Crippen LogP contribution is -2.18. The molecule has 0 aliphatic carbocycles. The fraction of sp³-hybridized carbons (Fsp3) is 0. The van der Waals surface area contributed by atoms with E-state index in [-0.39, 0.29) is 5.91 Å². The van der Waals surface area contributed by atoms with E-state index in [1.807, 2.05) is 77.5 Å². The van der Waals surface area contributed by atoms with Crippen molar-refractivity contribution in [1.82, 2.24) is 9.99 Å². The molecule has 4 aromatic rings. The first-order valence-electron chi connectivity index (χ1n) is 8.47. The summed E-state index contributed by atoms with van der Waals surface area (Å²) in [5, 5.41) is 6.10. The molecular formula is C22H16IN3O. The minimum atomic E-state index is -0.226. The molecular weight excluding hydrogens is 449 g/mol. The maximum absolute atomic E-state index is 12.5. The van der Waals surface area contributed by atoms with Crippen LogP contribution >= 0.6 is 22.6 Å². The van der Waals surface area contributed by atoms with Crippen molar-refractivity contribution < 1.29 is 4.79 Å². The van der Waals surface area contributed by atoms with E-state index in [0.717, 1.165) is 22.2 Å². The zero-order valence-electron chi connectivity index (χ0n) is 14.3. The zero-order valence-corrected chi connectivity index (χ0v) is 16.5. The Hall–Kier alpha value is -2.93. The quantitative estimate of drug-likeness (QED) is 0.258. The first kappa shape index (κ1) is 17.5. The number of halogens is 1. The van der Waals surface area contributed by atoms with E-state index in [2.05, 4.69) is 45.3 Å². The summed E-state index contributed by atoms with van der Waals surface area (Å²) < 4.78 is 3.20. The monoisotopic (exact) mass is 465 g/mol. The third kappa shape index (κ3) is 3.78. The molecule has 0 spiro atoms. The van der Waals surface area contributed by atoms with Crippen molar-refractivity contribution in [2.75, 3.05) is 0 Å². The number of fused-ring (bicyclic) bond motifs is 1. The average molecular weight is 465 g/mol. The van der Waals surface area contributed by atoms with E-state index >= 15 is 0 Å². The van der Waals surface area contributed by atoms with Crippen LogP contribution in [0.25, 0.3) is 16.5 Å². The first-order chi connectivity index (χ1) is 13.2. The predicted octanol–water partition coefficient (Wildman–Crippen LogP) is 5.00. The fourth-order valence-electron chi connectivity index (χ4n) is 2.98. The molecule has 0 saturated heterocycles. The van der Waals surface area contributed by atoms with Crippen molar-refractivity contribution in [2.45, 2.75) is 0 Å². The Labute approximate surface area is 170 Å². The van der Waals surface area contributed by atoms with Gasteiger partial charge in [0.1, 0.15) is 0 Å². The second kappa shape index (κ2) is 7.75. The van der Waals surface area contributed by atoms with Gasteiger partial charge in [0.25, 0.3) is 5.91 Å². The van der Waals surface area contributed by atoms with Gasteiger partial charge in [-0.2, -0.15) is 5.10 Å². The van der Waals surface area contributed by atoms with Crippen LogP contribution in [0, 0.1) is 3.57 Å². The van der Waals surface area contributed by atoms with Gasteiger partial charge in [-0.3, -0.25) is 4.79 Å². The average Bonchev–Trinajstić information content (AvgIpc) is 3.16. The molecule has 0 saturated carbocycles. The SMILES string of the molecule is O=C(NN=Cc1cccn1-c1ccc(I)cc1)c1cccc2ccccc12. The van der Waals surface area contributed by atoms with Crippen LogP contribution in [0.1, 0.15) is 16.1 Å². The number of nitrogens with zero attached hydrogens (tertiary/aromatic N) is 2. The number of hydrogen-bond donors (Lipinski definition) is 1. The molecule has 1 aromatic heterocycles. The molecule has 1 amide bonds. The second-order valence-electron chi connectivity index (χ2n) is 6.01. The zero-order chi connectivity index (χ0) is 18.6. The summed E-state index contributed by atoms with van der Waals surface area (Å²) in [7, 11) is 0. The van der Waals surface area contributed by atoms with E-state index in [4.69, 9.17) is 0 Å². The van der Waals surface area contributed by atoms with Crippen LogP contribution in [0.3, 0.4) is 0 Å². The van der Waals surface area contributed by atoms with Gasteiger partial charge in [-0.1, -0.05) is 36.4 Å². The van der Waals surface area contributed by atoms with Gasteiger partial charge in [-0.05, 0) is 75.8 Å². The minimum Gasteiger partial charge on any atom is -0.316 e. The number of hydrogen-bond acceptors (Lipinski definition) is 2. The second-order valence-corrected chi connectivity index (χ2v) is 7.25. The molecule has 4 rings (SSSR count). The molecule has 0 bridgehead atoms. The number of amides is 1. The predicted molar refractivity (Wildman–Crippen MR) is 117 cm³/mol. The van der Waals surface area contributed by atoms with Gasteiger partial charge >= 0.3 is 0 Å². The maximum atomic E-state index is 12.5. The minimum absolute atomic E-state index is 0.226. The van der Waals surface area contributed by atoms with Crippen LogP contribution in [-0.2, 0) is 0 Å². The number of hydrazone groups is 1. The van der Waals surface area contributed by atoms with Crippen LogP contribution in [0.15, 0.2) is 90.2 Å². The summed E-state index contributed by atoms with van der Waals surface area (Å²) in [5.41, 5.74) is 5.17. The summed E-state index contributed by atoms with van der Waals surface area (Å²) in [5.74, 6) is -0.226. The summed E-state index contributed by atoms with van der Waals surface area (Å²) >= 11 is 2.28. The van der Waals surface area contributed by atoms with Crippen LogP contribution in [0.4, 0.5) is 0 Å². The molecule has 1 N–H and O–H groups in total. The molecule has 1 heterocycles. The van der Waals surface area contributed by atoms with Gasteiger partial charge in [-0.15, -0.1) is 0 Å². The summed E-state index contributed by atoms with van der Waals surface area (Å²) in [4.78, 5) is 12.5. The lowest BCUT2D eigenvalue weighted by molar-refractivity contribution is 0.0957. The number of nitrogens with one attached hydrogen (secondary N) is 1. The summed E-state index contributed by atoms with van der Waals surface area (Å²) in [6.45, 7) is 0. The van der Waals surface area contributed by atoms with E-state index in [1.54, 1.807) is 6.21 Å². The normalized spacial score (nSPS) is 11.1. The van der Waals surface area contributed by atoms with Crippen LogP contribution in [0.2, 0.25) is 0 Å². The number of rotatable bonds is 4.